The normalized spacial score (nSPS) is 10.7. The summed E-state index contributed by atoms with van der Waals surface area (Å²) >= 11 is -0.556. The van der Waals surface area contributed by atoms with Crippen molar-refractivity contribution in [3.8, 4) is 0 Å². The SMILES string of the molecule is CCCc1c[cH-]c(C(C)(C)C)c1.CCCc1c[cH-]c(C(C)(C)C)c1.C[SiH]C.[Cl][Ti][Cl]. The van der Waals surface area contributed by atoms with Crippen molar-refractivity contribution in [2.45, 2.75) is 105 Å². The van der Waals surface area contributed by atoms with Gasteiger partial charge in [-0.25, -0.2) is 12.1 Å². The molecule has 1 radical (unpaired) electrons. The van der Waals surface area contributed by atoms with E-state index in [4.69, 9.17) is 18.6 Å². The molecule has 0 aliphatic heterocycles. The van der Waals surface area contributed by atoms with E-state index in [1.165, 1.54) is 47.9 Å². The van der Waals surface area contributed by atoms with E-state index in [0.29, 0.717) is 10.8 Å². The van der Waals surface area contributed by atoms with Crippen LogP contribution in [0.4, 0.5) is 0 Å². The number of halogens is 2. The van der Waals surface area contributed by atoms with Gasteiger partial charge in [-0.2, -0.15) is 46.5 Å². The van der Waals surface area contributed by atoms with Crippen LogP contribution in [0, 0.1) is 0 Å². The molecule has 4 heteroatoms. The second-order valence-electron chi connectivity index (χ2n) is 9.66. The Morgan fingerprint density at radius 3 is 1.20 bits per heavy atom. The molecule has 0 saturated carbocycles. The molecule has 0 aromatic heterocycles. The fourth-order valence-electron chi connectivity index (χ4n) is 2.81. The zero-order valence-electron chi connectivity index (χ0n) is 21.1. The number of hydrogen-bond donors (Lipinski definition) is 0. The molecule has 2 aromatic carbocycles. The second kappa shape index (κ2) is 17.7. The van der Waals surface area contributed by atoms with Gasteiger partial charge in [0.1, 0.15) is 0 Å². The first kappa shape index (κ1) is 32.4. The molecule has 0 atom stereocenters. The summed E-state index contributed by atoms with van der Waals surface area (Å²) in [5.74, 6) is 0. The van der Waals surface area contributed by atoms with Crippen LogP contribution in [0.3, 0.4) is 0 Å². The number of hydrogen-bond acceptors (Lipinski definition) is 0. The molecule has 30 heavy (non-hydrogen) atoms. The maximum absolute atomic E-state index is 4.89. The zero-order chi connectivity index (χ0) is 23.8. The third-order valence-corrected chi connectivity index (χ3v) is 4.45. The minimum atomic E-state index is -0.556. The van der Waals surface area contributed by atoms with Crippen LogP contribution in [0.2, 0.25) is 13.1 Å². The summed E-state index contributed by atoms with van der Waals surface area (Å²) < 4.78 is 0. The van der Waals surface area contributed by atoms with Crippen molar-refractivity contribution in [2.75, 3.05) is 0 Å². The molecule has 0 nitrogen and oxygen atoms in total. The Bertz CT molecular complexity index is 574. The van der Waals surface area contributed by atoms with Crippen molar-refractivity contribution < 1.29 is 17.0 Å². The zero-order valence-corrected chi connectivity index (χ0v) is 25.4. The summed E-state index contributed by atoms with van der Waals surface area (Å²) in [6.07, 6.45) is 4.92. The second-order valence-corrected chi connectivity index (χ2v) is 13.4. The van der Waals surface area contributed by atoms with Crippen LogP contribution in [-0.2, 0) is 40.7 Å². The predicted octanol–water partition coefficient (Wildman–Crippen LogP) is 9.21. The summed E-state index contributed by atoms with van der Waals surface area (Å²) in [6, 6.07) is 13.7. The molecule has 0 saturated heterocycles. The molecule has 0 unspecified atom stereocenters. The molecule has 0 heterocycles. The van der Waals surface area contributed by atoms with Crippen molar-refractivity contribution in [3.05, 3.63) is 58.7 Å². The van der Waals surface area contributed by atoms with Crippen LogP contribution < -0.4 is 0 Å². The average Bonchev–Trinajstić information content (AvgIpc) is 3.26. The van der Waals surface area contributed by atoms with Crippen molar-refractivity contribution in [3.63, 3.8) is 0 Å². The van der Waals surface area contributed by atoms with Crippen LogP contribution in [0.5, 0.6) is 0 Å². The van der Waals surface area contributed by atoms with Gasteiger partial charge in [0.15, 0.2) is 0 Å². The van der Waals surface area contributed by atoms with Crippen LogP contribution in [0.1, 0.15) is 90.5 Å². The van der Waals surface area contributed by atoms with Gasteiger partial charge < -0.3 is 0 Å². The Morgan fingerprint density at radius 1 is 0.767 bits per heavy atom. The van der Waals surface area contributed by atoms with Crippen LogP contribution in [-0.4, -0.2) is 9.52 Å². The van der Waals surface area contributed by atoms with Crippen LogP contribution in [0.15, 0.2) is 36.4 Å². The van der Waals surface area contributed by atoms with E-state index in [0.717, 1.165) is 9.52 Å². The Balaban J connectivity index is 0. The molecular formula is C26H45Cl2SiTi-2. The fraction of sp³-hybridized carbons (Fsp3) is 0.615. The van der Waals surface area contributed by atoms with Crippen molar-refractivity contribution >= 4 is 28.1 Å². The monoisotopic (exact) mass is 503 g/mol. The first-order valence-electron chi connectivity index (χ1n) is 11.1. The van der Waals surface area contributed by atoms with Gasteiger partial charge in [0.2, 0.25) is 0 Å². The van der Waals surface area contributed by atoms with Crippen molar-refractivity contribution in [1.82, 2.24) is 0 Å². The van der Waals surface area contributed by atoms with E-state index in [-0.39, 0.29) is 0 Å². The molecule has 0 bridgehead atoms. The van der Waals surface area contributed by atoms with Gasteiger partial charge in [-0.05, 0) is 10.8 Å². The Morgan fingerprint density at radius 2 is 1.03 bits per heavy atom. The van der Waals surface area contributed by atoms with Gasteiger partial charge in [0.25, 0.3) is 0 Å². The summed E-state index contributed by atoms with van der Waals surface area (Å²) in [4.78, 5) is 0. The topological polar surface area (TPSA) is 0 Å². The van der Waals surface area contributed by atoms with E-state index in [1.54, 1.807) is 0 Å². The van der Waals surface area contributed by atoms with E-state index in [1.807, 2.05) is 0 Å². The standard InChI is InChI=1S/2C12H19.C2H7Si.2ClH.Ti/c2*1-5-6-10-7-8-11(9-10)12(2,3)4;1-3-2;;;/h2*7-9H,5-6H2,1-4H3;3H,1-2H3;2*1H;/q2*-1;;;;+2/p-2. The van der Waals surface area contributed by atoms with E-state index in [2.05, 4.69) is 105 Å². The third-order valence-electron chi connectivity index (χ3n) is 4.45. The average molecular weight is 505 g/mol. The Labute approximate surface area is 207 Å². The van der Waals surface area contributed by atoms with Gasteiger partial charge in [0, 0.05) is 9.52 Å². The van der Waals surface area contributed by atoms with Crippen LogP contribution >= 0.6 is 18.6 Å². The summed E-state index contributed by atoms with van der Waals surface area (Å²) in [6.45, 7) is 22.4. The van der Waals surface area contributed by atoms with Crippen molar-refractivity contribution in [1.29, 1.82) is 0 Å². The van der Waals surface area contributed by atoms with Gasteiger partial charge in [-0.3, -0.25) is 0 Å². The molecule has 173 valence electrons. The van der Waals surface area contributed by atoms with Crippen LogP contribution in [0.25, 0.3) is 0 Å². The van der Waals surface area contributed by atoms with Gasteiger partial charge in [-0.1, -0.05) is 94.2 Å². The Kier molecular flexibility index (Phi) is 19.1. The van der Waals surface area contributed by atoms with E-state index < -0.39 is 17.0 Å². The first-order valence-corrected chi connectivity index (χ1v) is 17.7. The third kappa shape index (κ3) is 15.9. The van der Waals surface area contributed by atoms with Gasteiger partial charge in [0.05, 0.1) is 0 Å². The molecule has 0 spiro atoms. The number of aryl methyl sites for hydroxylation is 2. The quantitative estimate of drug-likeness (QED) is 0.288. The molecule has 0 N–H and O–H groups in total. The molecule has 2 rings (SSSR count). The molecule has 0 aliphatic carbocycles. The molecule has 0 amide bonds. The van der Waals surface area contributed by atoms with Gasteiger partial charge in [-0.15, -0.1) is 0 Å². The number of rotatable bonds is 4. The summed E-state index contributed by atoms with van der Waals surface area (Å²) in [5.41, 5.74) is 6.53. The summed E-state index contributed by atoms with van der Waals surface area (Å²) in [7, 11) is 10.5. The molecular weight excluding hydrogens is 459 g/mol. The molecule has 0 aliphatic rings. The van der Waals surface area contributed by atoms with Crippen molar-refractivity contribution in [2.24, 2.45) is 0 Å². The fourth-order valence-corrected chi connectivity index (χ4v) is 2.81. The van der Waals surface area contributed by atoms with Gasteiger partial charge >= 0.3 is 35.6 Å². The maximum atomic E-state index is 4.89. The molecule has 2 aromatic rings. The first-order chi connectivity index (χ1) is 13.9. The Hall–Kier alpha value is 0.211. The minimum absolute atomic E-state index is 0.311. The predicted molar refractivity (Wildman–Crippen MR) is 140 cm³/mol. The van der Waals surface area contributed by atoms with E-state index in [9.17, 15) is 0 Å². The molecule has 0 fully saturated rings. The van der Waals surface area contributed by atoms with E-state index >= 15 is 0 Å². The summed E-state index contributed by atoms with van der Waals surface area (Å²) in [5, 5.41) is 0.